The van der Waals surface area contributed by atoms with Crippen LogP contribution in [0.15, 0.2) is 72.9 Å². The van der Waals surface area contributed by atoms with Crippen LogP contribution in [0, 0.1) is 5.41 Å². The number of aromatic nitrogens is 1. The van der Waals surface area contributed by atoms with Gasteiger partial charge in [-0.25, -0.2) is 4.98 Å². The Labute approximate surface area is 205 Å². The molecule has 7 heteroatoms. The summed E-state index contributed by atoms with van der Waals surface area (Å²) in [6.45, 7) is 3.62. The molecule has 0 radical (unpaired) electrons. The Hall–Kier alpha value is -3.71. The predicted molar refractivity (Wildman–Crippen MR) is 135 cm³/mol. The van der Waals surface area contributed by atoms with Crippen molar-refractivity contribution >= 4 is 17.6 Å². The number of primary amides is 1. The van der Waals surface area contributed by atoms with Gasteiger partial charge in [0.15, 0.2) is 0 Å². The second-order valence-corrected chi connectivity index (χ2v) is 9.36. The first-order valence-electron chi connectivity index (χ1n) is 12.1. The minimum atomic E-state index is -0.774. The Balaban J connectivity index is 1.30. The Morgan fingerprint density at radius 2 is 1.66 bits per heavy atom. The predicted octanol–water partition coefficient (Wildman–Crippen LogP) is 3.15. The molecule has 2 amide bonds. The molecule has 2 saturated heterocycles. The first-order valence-corrected chi connectivity index (χ1v) is 12.1. The maximum atomic E-state index is 13.3. The van der Waals surface area contributed by atoms with Crippen LogP contribution in [-0.4, -0.2) is 61.1 Å². The van der Waals surface area contributed by atoms with E-state index in [0.717, 1.165) is 35.6 Å². The first kappa shape index (κ1) is 23.1. The first-order chi connectivity index (χ1) is 17.0. The summed E-state index contributed by atoms with van der Waals surface area (Å²) in [7, 11) is 0. The second-order valence-electron chi connectivity index (χ2n) is 9.36. The average Bonchev–Trinajstić information content (AvgIpc) is 3.35. The summed E-state index contributed by atoms with van der Waals surface area (Å²) < 4.78 is 5.41. The lowest BCUT2D eigenvalue weighted by Gasteiger charge is -2.28. The Kier molecular flexibility index (Phi) is 6.51. The number of hydrogen-bond donors (Lipinski definition) is 1. The third-order valence-corrected chi connectivity index (χ3v) is 7.09. The molecule has 2 fully saturated rings. The molecular weight excluding hydrogens is 440 g/mol. The van der Waals surface area contributed by atoms with Crippen LogP contribution in [0.25, 0.3) is 11.1 Å². The van der Waals surface area contributed by atoms with E-state index in [4.69, 9.17) is 10.5 Å². The number of ether oxygens (including phenoxy) is 1. The van der Waals surface area contributed by atoms with Crippen molar-refractivity contribution in [3.05, 3.63) is 84.1 Å². The van der Waals surface area contributed by atoms with Crippen LogP contribution in [-0.2, 0) is 16.0 Å². The van der Waals surface area contributed by atoms with Gasteiger partial charge in [-0.3, -0.25) is 9.59 Å². The third kappa shape index (κ3) is 4.91. The molecule has 2 N–H and O–H groups in total. The van der Waals surface area contributed by atoms with Gasteiger partial charge >= 0.3 is 0 Å². The van der Waals surface area contributed by atoms with Crippen LogP contribution >= 0.6 is 0 Å². The summed E-state index contributed by atoms with van der Waals surface area (Å²) in [6.07, 6.45) is 2.73. The molecule has 5 rings (SSSR count). The van der Waals surface area contributed by atoms with Crippen LogP contribution < -0.4 is 10.6 Å². The van der Waals surface area contributed by atoms with Gasteiger partial charge in [-0.1, -0.05) is 54.6 Å². The van der Waals surface area contributed by atoms with Crippen molar-refractivity contribution in [2.24, 2.45) is 11.1 Å². The highest BCUT2D eigenvalue weighted by Gasteiger charge is 2.45. The van der Waals surface area contributed by atoms with E-state index in [2.05, 4.69) is 46.3 Å². The summed E-state index contributed by atoms with van der Waals surface area (Å²) in [6, 6.07) is 22.0. The molecule has 3 heterocycles. The summed E-state index contributed by atoms with van der Waals surface area (Å²) >= 11 is 0. The lowest BCUT2D eigenvalue weighted by atomic mass is 9.80. The van der Waals surface area contributed by atoms with Crippen molar-refractivity contribution in [1.82, 2.24) is 9.88 Å². The summed E-state index contributed by atoms with van der Waals surface area (Å²) in [4.78, 5) is 34.3. The number of benzene rings is 2. The Bertz CT molecular complexity index is 1190. The standard InChI is InChI=1S/C28H30N4O3/c29-27(34)28(19-21-6-8-23(9-7-21)22-4-2-1-3-5-22)11-13-32(20-28)26(33)24-10-12-30-25(18-24)31-14-16-35-17-15-31/h1-10,12,18H,11,13-17,19-20H2,(H2,29,34). The van der Waals surface area contributed by atoms with Crippen molar-refractivity contribution in [3.63, 3.8) is 0 Å². The molecule has 2 aliphatic heterocycles. The number of nitrogens with two attached hydrogens (primary N) is 1. The zero-order valence-electron chi connectivity index (χ0n) is 19.7. The number of amides is 2. The lowest BCUT2D eigenvalue weighted by Crippen LogP contribution is -2.42. The van der Waals surface area contributed by atoms with E-state index < -0.39 is 5.41 Å². The van der Waals surface area contributed by atoms with E-state index in [1.807, 2.05) is 24.3 Å². The largest absolute Gasteiger partial charge is 0.378 e. The fourth-order valence-electron chi connectivity index (χ4n) is 5.01. The topological polar surface area (TPSA) is 88.8 Å². The van der Waals surface area contributed by atoms with Crippen molar-refractivity contribution in [2.75, 3.05) is 44.3 Å². The average molecular weight is 471 g/mol. The van der Waals surface area contributed by atoms with Gasteiger partial charge < -0.3 is 20.3 Å². The van der Waals surface area contributed by atoms with E-state index in [1.54, 1.807) is 17.2 Å². The minimum Gasteiger partial charge on any atom is -0.378 e. The zero-order valence-corrected chi connectivity index (χ0v) is 19.7. The SMILES string of the molecule is NC(=O)C1(Cc2ccc(-c3ccccc3)cc2)CCN(C(=O)c2ccnc(N3CCOCC3)c2)C1. The molecule has 0 spiro atoms. The molecule has 2 aliphatic rings. The second kappa shape index (κ2) is 9.88. The van der Waals surface area contributed by atoms with Gasteiger partial charge in [-0.15, -0.1) is 0 Å². The van der Waals surface area contributed by atoms with E-state index >= 15 is 0 Å². The molecule has 0 aliphatic carbocycles. The number of likely N-dealkylation sites (tertiary alicyclic amines) is 1. The number of carbonyl (C=O) groups is 2. The van der Waals surface area contributed by atoms with Crippen molar-refractivity contribution in [3.8, 4) is 11.1 Å². The maximum Gasteiger partial charge on any atom is 0.254 e. The van der Waals surface area contributed by atoms with Crippen LogP contribution in [0.2, 0.25) is 0 Å². The number of nitrogens with zero attached hydrogens (tertiary/aromatic N) is 3. The van der Waals surface area contributed by atoms with Gasteiger partial charge in [0.2, 0.25) is 5.91 Å². The molecule has 35 heavy (non-hydrogen) atoms. The van der Waals surface area contributed by atoms with Crippen molar-refractivity contribution in [2.45, 2.75) is 12.8 Å². The number of morpholine rings is 1. The third-order valence-electron chi connectivity index (χ3n) is 7.09. The van der Waals surface area contributed by atoms with E-state index in [-0.39, 0.29) is 11.8 Å². The fraction of sp³-hybridized carbons (Fsp3) is 0.321. The van der Waals surface area contributed by atoms with Gasteiger partial charge in [0, 0.05) is 37.9 Å². The Morgan fingerprint density at radius 3 is 2.37 bits per heavy atom. The molecular formula is C28H30N4O3. The maximum absolute atomic E-state index is 13.3. The van der Waals surface area contributed by atoms with E-state index in [1.165, 1.54) is 0 Å². The van der Waals surface area contributed by atoms with Gasteiger partial charge in [-0.05, 0) is 41.7 Å². The summed E-state index contributed by atoms with van der Waals surface area (Å²) in [5.74, 6) is 0.325. The lowest BCUT2D eigenvalue weighted by molar-refractivity contribution is -0.126. The highest BCUT2D eigenvalue weighted by molar-refractivity contribution is 5.96. The molecule has 180 valence electrons. The number of hydrogen-bond acceptors (Lipinski definition) is 5. The Morgan fingerprint density at radius 1 is 0.943 bits per heavy atom. The zero-order chi connectivity index (χ0) is 24.3. The highest BCUT2D eigenvalue weighted by atomic mass is 16.5. The quantitative estimate of drug-likeness (QED) is 0.598. The normalized spacial score (nSPS) is 20.1. The molecule has 2 aromatic carbocycles. The van der Waals surface area contributed by atoms with Crippen LogP contribution in [0.3, 0.4) is 0 Å². The molecule has 7 nitrogen and oxygen atoms in total. The van der Waals surface area contributed by atoms with Gasteiger partial charge in [-0.2, -0.15) is 0 Å². The van der Waals surface area contributed by atoms with Crippen molar-refractivity contribution < 1.29 is 14.3 Å². The van der Waals surface area contributed by atoms with Crippen LogP contribution in [0.1, 0.15) is 22.3 Å². The molecule has 0 saturated carbocycles. The van der Waals surface area contributed by atoms with Crippen LogP contribution in [0.5, 0.6) is 0 Å². The summed E-state index contributed by atoms with van der Waals surface area (Å²) in [5.41, 5.74) is 9.03. The fourth-order valence-corrected chi connectivity index (χ4v) is 5.01. The van der Waals surface area contributed by atoms with Gasteiger partial charge in [0.05, 0.1) is 18.6 Å². The highest BCUT2D eigenvalue weighted by Crippen LogP contribution is 2.35. The minimum absolute atomic E-state index is 0.0931. The molecule has 3 aromatic rings. The van der Waals surface area contributed by atoms with E-state index in [9.17, 15) is 9.59 Å². The van der Waals surface area contributed by atoms with Crippen LogP contribution in [0.4, 0.5) is 5.82 Å². The molecule has 1 unspecified atom stereocenters. The number of anilines is 1. The monoisotopic (exact) mass is 470 g/mol. The van der Waals surface area contributed by atoms with Crippen molar-refractivity contribution in [1.29, 1.82) is 0 Å². The number of rotatable bonds is 6. The smallest absolute Gasteiger partial charge is 0.254 e. The number of carbonyl (C=O) groups excluding carboxylic acids is 2. The van der Waals surface area contributed by atoms with Gasteiger partial charge in [0.25, 0.3) is 5.91 Å². The number of pyridine rings is 1. The summed E-state index contributed by atoms with van der Waals surface area (Å²) in [5, 5.41) is 0. The molecule has 1 atom stereocenters. The molecule has 0 bridgehead atoms. The molecule has 1 aromatic heterocycles. The van der Waals surface area contributed by atoms with E-state index in [0.29, 0.717) is 44.7 Å². The van der Waals surface area contributed by atoms with Gasteiger partial charge in [0.1, 0.15) is 5.82 Å².